The van der Waals surface area contributed by atoms with Gasteiger partial charge in [0.2, 0.25) is 21.8 Å². The molecule has 0 bridgehead atoms. The Balaban J connectivity index is 2.27. The van der Waals surface area contributed by atoms with E-state index in [4.69, 9.17) is 17.4 Å². The zero-order valence-corrected chi connectivity index (χ0v) is 15.4. The molecule has 1 fully saturated rings. The van der Waals surface area contributed by atoms with Crippen LogP contribution in [0.2, 0.25) is 0 Å². The molecule has 134 valence electrons. The standard InChI is InChI=1S/C15H18N4O4S2/c1-3-18-13(20)12(14(21)19(4-2)15(18)24)9-17-10-5-7-11(8-6-10)25(16,22)23/h5-9,12H,3-4H2,1-2H3,(H2,16,22,23). The van der Waals surface area contributed by atoms with Crippen molar-refractivity contribution in [1.82, 2.24) is 9.80 Å². The first-order chi connectivity index (χ1) is 11.7. The van der Waals surface area contributed by atoms with Gasteiger partial charge in [0, 0.05) is 19.3 Å². The highest BCUT2D eigenvalue weighted by molar-refractivity contribution is 7.89. The monoisotopic (exact) mass is 382 g/mol. The Bertz CT molecular complexity index is 808. The summed E-state index contributed by atoms with van der Waals surface area (Å²) >= 11 is 5.18. The van der Waals surface area contributed by atoms with Crippen LogP contribution in [0.4, 0.5) is 5.69 Å². The van der Waals surface area contributed by atoms with Crippen LogP contribution in [0.25, 0.3) is 0 Å². The number of thiocarbonyl (C=S) groups is 1. The van der Waals surface area contributed by atoms with E-state index in [-0.39, 0.29) is 10.0 Å². The lowest BCUT2D eigenvalue weighted by Crippen LogP contribution is -2.59. The van der Waals surface area contributed by atoms with Gasteiger partial charge in [0.15, 0.2) is 11.0 Å². The van der Waals surface area contributed by atoms with Crippen molar-refractivity contribution in [1.29, 1.82) is 0 Å². The molecule has 0 radical (unpaired) electrons. The van der Waals surface area contributed by atoms with E-state index < -0.39 is 27.8 Å². The number of hydrogen-bond donors (Lipinski definition) is 1. The number of primary sulfonamides is 1. The van der Waals surface area contributed by atoms with Gasteiger partial charge in [-0.25, -0.2) is 13.6 Å². The molecule has 2 amide bonds. The van der Waals surface area contributed by atoms with E-state index >= 15 is 0 Å². The molecule has 2 rings (SSSR count). The van der Waals surface area contributed by atoms with Crippen molar-refractivity contribution >= 4 is 51.1 Å². The number of carbonyl (C=O) groups is 2. The van der Waals surface area contributed by atoms with Crippen LogP contribution in [0.3, 0.4) is 0 Å². The molecule has 1 heterocycles. The van der Waals surface area contributed by atoms with E-state index in [2.05, 4.69) is 4.99 Å². The van der Waals surface area contributed by atoms with Gasteiger partial charge in [-0.1, -0.05) is 0 Å². The van der Waals surface area contributed by atoms with Crippen molar-refractivity contribution in [2.45, 2.75) is 18.7 Å². The van der Waals surface area contributed by atoms with E-state index in [1.807, 2.05) is 0 Å². The SMILES string of the molecule is CCN1C(=O)C(C=Nc2ccc(S(N)(=O)=O)cc2)C(=O)N(CC)C1=S. The number of hydrogen-bond acceptors (Lipinski definition) is 6. The van der Waals surface area contributed by atoms with E-state index in [0.29, 0.717) is 18.8 Å². The molecule has 0 spiro atoms. The van der Waals surface area contributed by atoms with Gasteiger partial charge in [0.1, 0.15) is 0 Å². The van der Waals surface area contributed by atoms with Crippen LogP contribution in [0.15, 0.2) is 34.2 Å². The summed E-state index contributed by atoms with van der Waals surface area (Å²) in [6, 6.07) is 5.48. The second-order valence-corrected chi connectivity index (χ2v) is 7.17. The summed E-state index contributed by atoms with van der Waals surface area (Å²) in [5.74, 6) is -1.91. The average Bonchev–Trinajstić information content (AvgIpc) is 2.55. The lowest BCUT2D eigenvalue weighted by Gasteiger charge is -2.37. The molecule has 0 atom stereocenters. The second-order valence-electron chi connectivity index (χ2n) is 5.24. The molecular formula is C15H18N4O4S2. The van der Waals surface area contributed by atoms with Gasteiger partial charge in [-0.15, -0.1) is 0 Å². The van der Waals surface area contributed by atoms with Crippen LogP contribution in [0.1, 0.15) is 13.8 Å². The van der Waals surface area contributed by atoms with Crippen LogP contribution in [0, 0.1) is 5.92 Å². The molecule has 1 aliphatic rings. The maximum Gasteiger partial charge on any atom is 0.246 e. The van der Waals surface area contributed by atoms with Gasteiger partial charge in [-0.3, -0.25) is 24.4 Å². The summed E-state index contributed by atoms with van der Waals surface area (Å²) in [4.78, 5) is 31.7. The zero-order valence-electron chi connectivity index (χ0n) is 13.7. The smallest absolute Gasteiger partial charge is 0.246 e. The first-order valence-electron chi connectivity index (χ1n) is 7.54. The quantitative estimate of drug-likeness (QED) is 0.456. The molecule has 0 unspecified atom stereocenters. The topological polar surface area (TPSA) is 113 Å². The first-order valence-corrected chi connectivity index (χ1v) is 9.50. The predicted octanol–water partition coefficient (Wildman–Crippen LogP) is 0.648. The van der Waals surface area contributed by atoms with Crippen molar-refractivity contribution in [2.75, 3.05) is 13.1 Å². The second kappa shape index (κ2) is 7.38. The minimum absolute atomic E-state index is 0.0454. The molecule has 1 aromatic carbocycles. The van der Waals surface area contributed by atoms with E-state index in [1.54, 1.807) is 13.8 Å². The molecule has 10 heteroatoms. The number of benzene rings is 1. The molecule has 0 aliphatic carbocycles. The molecule has 8 nitrogen and oxygen atoms in total. The fourth-order valence-electron chi connectivity index (χ4n) is 2.37. The Hall–Kier alpha value is -2.17. The van der Waals surface area contributed by atoms with Gasteiger partial charge >= 0.3 is 0 Å². The fraction of sp³-hybridized carbons (Fsp3) is 0.333. The fourth-order valence-corrected chi connectivity index (χ4v) is 3.32. The van der Waals surface area contributed by atoms with Crippen molar-refractivity contribution in [2.24, 2.45) is 16.0 Å². The first kappa shape index (κ1) is 19.2. The van der Waals surface area contributed by atoms with E-state index in [9.17, 15) is 18.0 Å². The molecule has 0 aromatic heterocycles. The van der Waals surface area contributed by atoms with Gasteiger partial charge in [-0.2, -0.15) is 0 Å². The number of aliphatic imine (C=N–C) groups is 1. The average molecular weight is 382 g/mol. The molecular weight excluding hydrogens is 364 g/mol. The Labute approximate surface area is 151 Å². The highest BCUT2D eigenvalue weighted by Gasteiger charge is 2.41. The van der Waals surface area contributed by atoms with Gasteiger partial charge in [-0.05, 0) is 50.3 Å². The highest BCUT2D eigenvalue weighted by Crippen LogP contribution is 2.19. The Kier molecular flexibility index (Phi) is 5.65. The largest absolute Gasteiger partial charge is 0.288 e. The number of amides is 2. The van der Waals surface area contributed by atoms with Gasteiger partial charge in [0.25, 0.3) is 0 Å². The number of nitrogens with zero attached hydrogens (tertiary/aromatic N) is 3. The normalized spacial score (nSPS) is 17.0. The van der Waals surface area contributed by atoms with Crippen molar-refractivity contribution < 1.29 is 18.0 Å². The summed E-state index contributed by atoms with van der Waals surface area (Å²) < 4.78 is 22.5. The summed E-state index contributed by atoms with van der Waals surface area (Å²) in [7, 11) is -3.79. The third-order valence-electron chi connectivity index (χ3n) is 3.70. The van der Waals surface area contributed by atoms with Crippen LogP contribution < -0.4 is 5.14 Å². The number of rotatable bonds is 5. The highest BCUT2D eigenvalue weighted by atomic mass is 32.2. The summed E-state index contributed by atoms with van der Waals surface area (Å²) in [5.41, 5.74) is 0.396. The number of nitrogens with two attached hydrogens (primary N) is 1. The van der Waals surface area contributed by atoms with Gasteiger partial charge < -0.3 is 0 Å². The molecule has 0 saturated carbocycles. The third-order valence-corrected chi connectivity index (χ3v) is 5.07. The van der Waals surface area contributed by atoms with Crippen LogP contribution >= 0.6 is 12.2 Å². The van der Waals surface area contributed by atoms with Gasteiger partial charge in [0.05, 0.1) is 10.6 Å². The maximum absolute atomic E-state index is 12.4. The summed E-state index contributed by atoms with van der Waals surface area (Å²) in [6.45, 7) is 4.26. The van der Waals surface area contributed by atoms with Crippen molar-refractivity contribution in [3.63, 3.8) is 0 Å². The molecule has 1 saturated heterocycles. The molecule has 2 N–H and O–H groups in total. The van der Waals surface area contributed by atoms with Crippen LogP contribution in [-0.4, -0.2) is 54.4 Å². The predicted molar refractivity (Wildman–Crippen MR) is 96.8 cm³/mol. The van der Waals surface area contributed by atoms with Crippen molar-refractivity contribution in [3.8, 4) is 0 Å². The zero-order chi connectivity index (χ0) is 18.8. The molecule has 1 aromatic rings. The minimum Gasteiger partial charge on any atom is -0.288 e. The number of carbonyl (C=O) groups excluding carboxylic acids is 2. The lowest BCUT2D eigenvalue weighted by molar-refractivity contribution is -0.143. The van der Waals surface area contributed by atoms with Crippen LogP contribution in [-0.2, 0) is 19.6 Å². The Morgan fingerprint density at radius 2 is 1.60 bits per heavy atom. The summed E-state index contributed by atoms with van der Waals surface area (Å²) in [5, 5.41) is 5.23. The Morgan fingerprint density at radius 1 is 1.12 bits per heavy atom. The molecule has 1 aliphatic heterocycles. The molecule has 25 heavy (non-hydrogen) atoms. The minimum atomic E-state index is -3.79. The maximum atomic E-state index is 12.4. The Morgan fingerprint density at radius 3 is 2.00 bits per heavy atom. The van der Waals surface area contributed by atoms with E-state index in [0.717, 1.165) is 0 Å². The number of sulfonamides is 1. The third kappa shape index (κ3) is 3.91. The lowest BCUT2D eigenvalue weighted by atomic mass is 10.1. The summed E-state index contributed by atoms with van der Waals surface area (Å²) in [6.07, 6.45) is 1.25. The van der Waals surface area contributed by atoms with Crippen LogP contribution in [0.5, 0.6) is 0 Å². The van der Waals surface area contributed by atoms with Crippen molar-refractivity contribution in [3.05, 3.63) is 24.3 Å². The van der Waals surface area contributed by atoms with E-state index in [1.165, 1.54) is 40.3 Å².